The average Bonchev–Trinajstić information content (AvgIpc) is 2.88. The van der Waals surface area contributed by atoms with Crippen molar-refractivity contribution in [2.24, 2.45) is 0 Å². The maximum atomic E-state index is 12.3. The molecule has 1 amide bonds. The monoisotopic (exact) mass is 440 g/mol. The van der Waals surface area contributed by atoms with Gasteiger partial charge in [0.1, 0.15) is 0 Å². The molecule has 162 valence electrons. The van der Waals surface area contributed by atoms with Gasteiger partial charge in [-0.15, -0.1) is 0 Å². The van der Waals surface area contributed by atoms with Crippen molar-refractivity contribution in [1.29, 1.82) is 0 Å². The van der Waals surface area contributed by atoms with E-state index < -0.39 is 7.26 Å². The first-order chi connectivity index (χ1) is 15.8. The summed E-state index contributed by atoms with van der Waals surface area (Å²) in [6.07, 6.45) is 6.35. The van der Waals surface area contributed by atoms with Crippen LogP contribution >= 0.6 is 7.26 Å². The fraction of sp³-hybridized carbons (Fsp3) is 0.143. The second-order valence-corrected chi connectivity index (χ2v) is 12.0. The van der Waals surface area contributed by atoms with Crippen LogP contribution in [0.4, 0.5) is 0 Å². The molecule has 32 heavy (non-hydrogen) atoms. The van der Waals surface area contributed by atoms with Gasteiger partial charge < -0.3 is 0 Å². The molecule has 0 saturated carbocycles. The Morgan fingerprint density at radius 1 is 0.688 bits per heavy atom. The summed E-state index contributed by atoms with van der Waals surface area (Å²) in [5, 5.41) is 7.32. The van der Waals surface area contributed by atoms with Gasteiger partial charge in [0.05, 0.1) is 0 Å². The zero-order valence-corrected chi connectivity index (χ0v) is 19.2. The van der Waals surface area contributed by atoms with Gasteiger partial charge in [0.15, 0.2) is 0 Å². The van der Waals surface area contributed by atoms with Crippen LogP contribution < -0.4 is 21.2 Å². The molecule has 3 aromatic carbocycles. The quantitative estimate of drug-likeness (QED) is 0.311. The van der Waals surface area contributed by atoms with Crippen LogP contribution in [-0.2, 0) is 0 Å². The Labute approximate surface area is 190 Å². The summed E-state index contributed by atoms with van der Waals surface area (Å²) in [6.45, 7) is 0.663. The number of hydrogen-bond donors (Lipinski definition) is 1. The van der Waals surface area contributed by atoms with Crippen LogP contribution in [0.1, 0.15) is 23.2 Å². The topological polar surface area (TPSA) is 42.0 Å². The number of rotatable bonds is 9. The summed E-state index contributed by atoms with van der Waals surface area (Å²) in [7, 11) is -2.19. The van der Waals surface area contributed by atoms with Crippen molar-refractivity contribution in [2.75, 3.05) is 12.7 Å². The van der Waals surface area contributed by atoms with Gasteiger partial charge in [-0.3, -0.25) is 0 Å². The molecule has 0 radical (unpaired) electrons. The van der Waals surface area contributed by atoms with Gasteiger partial charge in [0.25, 0.3) is 0 Å². The predicted octanol–water partition coefficient (Wildman–Crippen LogP) is 4.32. The Morgan fingerprint density at radius 3 is 1.69 bits per heavy atom. The van der Waals surface area contributed by atoms with Crippen LogP contribution in [0, 0.1) is 0 Å². The van der Waals surface area contributed by atoms with Gasteiger partial charge in [-0.25, -0.2) is 0 Å². The molecule has 1 heterocycles. The van der Waals surface area contributed by atoms with Crippen molar-refractivity contribution in [3.05, 3.63) is 121 Å². The minimum absolute atomic E-state index is 0.0595. The van der Waals surface area contributed by atoms with E-state index in [1.165, 1.54) is 15.9 Å². The van der Waals surface area contributed by atoms with Gasteiger partial charge in [0, 0.05) is 0 Å². The number of benzene rings is 3. The standard InChI is InChI=1S/C28H29N2OP/c31-28(24-13-12-20-29-23-24)30-21-10-11-22-32(25-14-4-1-5-15-25,26-16-6-2-7-17-26)27-18-8-3-9-19-27/h1-9,12-20,23,32H,10-11,21-22H2,(H,30,31). The van der Waals surface area contributed by atoms with Crippen molar-refractivity contribution in [3.8, 4) is 0 Å². The SMILES string of the molecule is O=C(NCCCC[PH](c1ccccc1)(c1ccccc1)c1ccccc1)c1cccnc1. The number of nitrogens with zero attached hydrogens (tertiary/aromatic N) is 1. The van der Waals surface area contributed by atoms with Crippen LogP contribution in [-0.4, -0.2) is 23.6 Å². The molecule has 0 saturated heterocycles. The number of nitrogens with one attached hydrogen (secondary N) is 1. The van der Waals surface area contributed by atoms with E-state index in [-0.39, 0.29) is 5.91 Å². The average molecular weight is 441 g/mol. The minimum atomic E-state index is -2.19. The molecule has 0 unspecified atom stereocenters. The third kappa shape index (κ3) is 4.95. The summed E-state index contributed by atoms with van der Waals surface area (Å²) >= 11 is 0. The molecular formula is C28H29N2OP. The number of carbonyl (C=O) groups excluding carboxylic acids is 1. The van der Waals surface area contributed by atoms with Gasteiger partial charge in [-0.2, -0.15) is 0 Å². The van der Waals surface area contributed by atoms with Gasteiger partial charge >= 0.3 is 191 Å². The normalized spacial score (nSPS) is 11.6. The van der Waals surface area contributed by atoms with Crippen molar-refractivity contribution in [2.45, 2.75) is 12.8 Å². The Bertz CT molecular complexity index is 1010. The summed E-state index contributed by atoms with van der Waals surface area (Å²) < 4.78 is 0. The van der Waals surface area contributed by atoms with Crippen LogP contribution in [0.15, 0.2) is 116 Å². The first kappa shape index (κ1) is 21.9. The van der Waals surface area contributed by atoms with Crippen LogP contribution in [0.25, 0.3) is 0 Å². The number of amides is 1. The molecule has 3 nitrogen and oxygen atoms in total. The van der Waals surface area contributed by atoms with Crippen molar-refractivity contribution in [3.63, 3.8) is 0 Å². The molecular weight excluding hydrogens is 411 g/mol. The molecule has 0 bridgehead atoms. The molecule has 1 N–H and O–H groups in total. The maximum absolute atomic E-state index is 12.3. The molecule has 0 fully saturated rings. The van der Waals surface area contributed by atoms with E-state index in [0.717, 1.165) is 19.0 Å². The number of unbranched alkanes of at least 4 members (excludes halogenated alkanes) is 1. The Kier molecular flexibility index (Phi) is 7.42. The van der Waals surface area contributed by atoms with E-state index >= 15 is 0 Å². The fourth-order valence-corrected chi connectivity index (χ4v) is 9.35. The van der Waals surface area contributed by atoms with Crippen molar-refractivity contribution in [1.82, 2.24) is 10.3 Å². The number of aromatic nitrogens is 1. The first-order valence-electron chi connectivity index (χ1n) is 11.2. The molecule has 4 heteroatoms. The van der Waals surface area contributed by atoms with E-state index in [2.05, 4.69) is 101 Å². The molecule has 0 aliphatic carbocycles. The van der Waals surface area contributed by atoms with E-state index in [4.69, 9.17) is 0 Å². The van der Waals surface area contributed by atoms with E-state index in [0.29, 0.717) is 12.1 Å². The third-order valence-electron chi connectivity index (χ3n) is 5.99. The zero-order chi connectivity index (χ0) is 22.1. The number of hydrogen-bond acceptors (Lipinski definition) is 2. The Balaban J connectivity index is 1.55. The van der Waals surface area contributed by atoms with Crippen LogP contribution in [0.3, 0.4) is 0 Å². The zero-order valence-electron chi connectivity index (χ0n) is 18.2. The summed E-state index contributed by atoms with van der Waals surface area (Å²) in [5.41, 5.74) is 0.606. The Hall–Kier alpha value is -3.29. The van der Waals surface area contributed by atoms with Gasteiger partial charge in [-0.05, 0) is 0 Å². The fourth-order valence-electron chi connectivity index (χ4n) is 4.42. The molecule has 0 aliphatic heterocycles. The van der Waals surface area contributed by atoms with Gasteiger partial charge in [-0.1, -0.05) is 0 Å². The van der Waals surface area contributed by atoms with Crippen LogP contribution in [0.5, 0.6) is 0 Å². The molecule has 0 atom stereocenters. The van der Waals surface area contributed by atoms with E-state index in [9.17, 15) is 4.79 Å². The predicted molar refractivity (Wildman–Crippen MR) is 137 cm³/mol. The van der Waals surface area contributed by atoms with Gasteiger partial charge in [0.2, 0.25) is 0 Å². The molecule has 1 aromatic heterocycles. The molecule has 4 aromatic rings. The summed E-state index contributed by atoms with van der Waals surface area (Å²) in [6, 6.07) is 36.5. The van der Waals surface area contributed by atoms with E-state index in [1.807, 2.05) is 0 Å². The number of carbonyl (C=O) groups is 1. The molecule has 0 spiro atoms. The van der Waals surface area contributed by atoms with E-state index in [1.54, 1.807) is 24.5 Å². The molecule has 0 aliphatic rings. The second-order valence-electron chi connectivity index (χ2n) is 7.96. The third-order valence-corrected chi connectivity index (χ3v) is 11.0. The molecule has 4 rings (SSSR count). The summed E-state index contributed by atoms with van der Waals surface area (Å²) in [5.74, 6) is -0.0595. The number of pyridine rings is 1. The Morgan fingerprint density at radius 2 is 1.22 bits per heavy atom. The second kappa shape index (κ2) is 10.8. The first-order valence-corrected chi connectivity index (χ1v) is 13.4. The van der Waals surface area contributed by atoms with Crippen molar-refractivity contribution >= 4 is 29.1 Å². The van der Waals surface area contributed by atoms with Crippen LogP contribution in [0.2, 0.25) is 0 Å². The van der Waals surface area contributed by atoms with Crippen molar-refractivity contribution < 1.29 is 4.79 Å². The summed E-state index contributed by atoms with van der Waals surface area (Å²) in [4.78, 5) is 16.4.